The quantitative estimate of drug-likeness (QED) is 0.763. The van der Waals surface area contributed by atoms with Gasteiger partial charge in [0.15, 0.2) is 0 Å². The first-order valence-corrected chi connectivity index (χ1v) is 8.07. The molecule has 4 heteroatoms. The van der Waals surface area contributed by atoms with E-state index >= 15 is 0 Å². The molecule has 0 heterocycles. The van der Waals surface area contributed by atoms with E-state index in [0.29, 0.717) is 6.04 Å². The van der Waals surface area contributed by atoms with Crippen molar-refractivity contribution in [3.63, 3.8) is 0 Å². The molecule has 0 atom stereocenters. The number of nitrogens with one attached hydrogen (secondary N) is 1. The molecule has 20 heavy (non-hydrogen) atoms. The highest BCUT2D eigenvalue weighted by atomic mass is 35.5. The van der Waals surface area contributed by atoms with Crippen LogP contribution in [0.4, 0.5) is 0 Å². The molecule has 0 fully saturated rings. The summed E-state index contributed by atoms with van der Waals surface area (Å²) in [4.78, 5) is 2.23. The standard InChI is InChI=1S/C16H17Cl2NS/c1-11(2)19-10-12-9-13(17)7-8-15(12)20-16-6-4-3-5-14(16)18/h3-9,11,19H,10H2,1-2H3. The van der Waals surface area contributed by atoms with Gasteiger partial charge in [0.25, 0.3) is 0 Å². The van der Waals surface area contributed by atoms with E-state index < -0.39 is 0 Å². The lowest BCUT2D eigenvalue weighted by Crippen LogP contribution is -2.22. The second-order valence-corrected chi connectivity index (χ2v) is 6.75. The number of benzene rings is 2. The highest BCUT2D eigenvalue weighted by Gasteiger charge is 2.08. The molecule has 1 N–H and O–H groups in total. The summed E-state index contributed by atoms with van der Waals surface area (Å²) in [6.07, 6.45) is 0. The zero-order chi connectivity index (χ0) is 14.5. The monoisotopic (exact) mass is 325 g/mol. The molecule has 0 amide bonds. The van der Waals surface area contributed by atoms with E-state index in [1.165, 1.54) is 10.5 Å². The van der Waals surface area contributed by atoms with Gasteiger partial charge >= 0.3 is 0 Å². The lowest BCUT2D eigenvalue weighted by molar-refractivity contribution is 0.585. The first-order chi connectivity index (χ1) is 9.56. The van der Waals surface area contributed by atoms with E-state index in [9.17, 15) is 0 Å². The maximum Gasteiger partial charge on any atom is 0.0545 e. The average Bonchev–Trinajstić information content (AvgIpc) is 2.41. The average molecular weight is 326 g/mol. The van der Waals surface area contributed by atoms with Crippen LogP contribution in [0, 0.1) is 0 Å². The maximum absolute atomic E-state index is 6.22. The third-order valence-corrected chi connectivity index (χ3v) is 4.65. The summed E-state index contributed by atoms with van der Waals surface area (Å²) in [6.45, 7) is 5.06. The summed E-state index contributed by atoms with van der Waals surface area (Å²) in [7, 11) is 0. The fraction of sp³-hybridized carbons (Fsp3) is 0.250. The van der Waals surface area contributed by atoms with Gasteiger partial charge in [-0.2, -0.15) is 0 Å². The molecule has 0 aromatic heterocycles. The van der Waals surface area contributed by atoms with Crippen LogP contribution in [0.2, 0.25) is 10.0 Å². The lowest BCUT2D eigenvalue weighted by atomic mass is 10.2. The van der Waals surface area contributed by atoms with Crippen LogP contribution in [0.5, 0.6) is 0 Å². The van der Waals surface area contributed by atoms with Gasteiger partial charge in [0.2, 0.25) is 0 Å². The van der Waals surface area contributed by atoms with E-state index in [0.717, 1.165) is 21.5 Å². The van der Waals surface area contributed by atoms with Crippen molar-refractivity contribution in [1.29, 1.82) is 0 Å². The molecule has 2 aromatic carbocycles. The van der Waals surface area contributed by atoms with Crippen LogP contribution in [0.25, 0.3) is 0 Å². The van der Waals surface area contributed by atoms with Crippen molar-refractivity contribution in [2.24, 2.45) is 0 Å². The van der Waals surface area contributed by atoms with E-state index in [1.54, 1.807) is 11.8 Å². The van der Waals surface area contributed by atoms with Gasteiger partial charge in [0, 0.05) is 27.4 Å². The molecule has 0 aliphatic rings. The molecule has 0 bridgehead atoms. The van der Waals surface area contributed by atoms with Crippen LogP contribution in [0.15, 0.2) is 52.3 Å². The van der Waals surface area contributed by atoms with E-state index in [-0.39, 0.29) is 0 Å². The molecule has 1 nitrogen and oxygen atoms in total. The molecule has 0 saturated heterocycles. The molecule has 0 saturated carbocycles. The van der Waals surface area contributed by atoms with E-state index in [4.69, 9.17) is 23.2 Å². The Hall–Kier alpha value is -0.670. The fourth-order valence-electron chi connectivity index (χ4n) is 1.75. The van der Waals surface area contributed by atoms with Crippen LogP contribution in [-0.4, -0.2) is 6.04 Å². The van der Waals surface area contributed by atoms with Gasteiger partial charge in [-0.05, 0) is 35.9 Å². The molecule has 0 spiro atoms. The molecule has 2 aromatic rings. The Labute approximate surface area is 134 Å². The van der Waals surface area contributed by atoms with Crippen LogP contribution in [-0.2, 0) is 6.54 Å². The summed E-state index contributed by atoms with van der Waals surface area (Å²) < 4.78 is 0. The Kier molecular flexibility index (Phi) is 5.79. The van der Waals surface area contributed by atoms with Crippen LogP contribution < -0.4 is 5.32 Å². The Morgan fingerprint density at radius 2 is 1.80 bits per heavy atom. The SMILES string of the molecule is CC(C)NCc1cc(Cl)ccc1Sc1ccccc1Cl. The minimum absolute atomic E-state index is 0.437. The second kappa shape index (κ2) is 7.37. The van der Waals surface area contributed by atoms with Crippen LogP contribution >= 0.6 is 35.0 Å². The van der Waals surface area contributed by atoms with Gasteiger partial charge in [-0.3, -0.25) is 0 Å². The van der Waals surface area contributed by atoms with E-state index in [1.807, 2.05) is 42.5 Å². The predicted octanol–water partition coefficient (Wildman–Crippen LogP) is 5.64. The third-order valence-electron chi connectivity index (χ3n) is 2.78. The maximum atomic E-state index is 6.22. The van der Waals surface area contributed by atoms with Crippen LogP contribution in [0.1, 0.15) is 19.4 Å². The van der Waals surface area contributed by atoms with Gasteiger partial charge in [0.1, 0.15) is 0 Å². The summed E-state index contributed by atoms with van der Waals surface area (Å²) in [6, 6.07) is 14.3. The van der Waals surface area contributed by atoms with Crippen molar-refractivity contribution >= 4 is 35.0 Å². The van der Waals surface area contributed by atoms with Gasteiger partial charge in [0.05, 0.1) is 5.02 Å². The van der Waals surface area contributed by atoms with Crippen molar-refractivity contribution < 1.29 is 0 Å². The van der Waals surface area contributed by atoms with Crippen molar-refractivity contribution in [1.82, 2.24) is 5.32 Å². The number of hydrogen-bond acceptors (Lipinski definition) is 2. The highest BCUT2D eigenvalue weighted by molar-refractivity contribution is 7.99. The Balaban J connectivity index is 2.24. The normalized spacial score (nSPS) is 11.1. The number of halogens is 2. The number of hydrogen-bond donors (Lipinski definition) is 1. The Bertz CT molecular complexity index is 584. The summed E-state index contributed by atoms with van der Waals surface area (Å²) >= 11 is 14.0. The smallest absolute Gasteiger partial charge is 0.0545 e. The lowest BCUT2D eigenvalue weighted by Gasteiger charge is -2.13. The molecule has 0 aliphatic carbocycles. The van der Waals surface area contributed by atoms with Gasteiger partial charge in [-0.25, -0.2) is 0 Å². The van der Waals surface area contributed by atoms with Gasteiger partial charge in [-0.1, -0.05) is 60.9 Å². The Morgan fingerprint density at radius 3 is 2.50 bits per heavy atom. The van der Waals surface area contributed by atoms with Gasteiger partial charge in [-0.15, -0.1) is 0 Å². The Morgan fingerprint density at radius 1 is 1.05 bits per heavy atom. The summed E-state index contributed by atoms with van der Waals surface area (Å²) in [5, 5.41) is 4.96. The topological polar surface area (TPSA) is 12.0 Å². The molecule has 0 radical (unpaired) electrons. The second-order valence-electron chi connectivity index (χ2n) is 4.82. The molecule has 106 valence electrons. The third kappa shape index (κ3) is 4.42. The largest absolute Gasteiger partial charge is 0.310 e. The fourth-order valence-corrected chi connectivity index (χ4v) is 3.14. The van der Waals surface area contributed by atoms with Crippen LogP contribution in [0.3, 0.4) is 0 Å². The first-order valence-electron chi connectivity index (χ1n) is 6.50. The molecule has 0 unspecified atom stereocenters. The molecule has 2 rings (SSSR count). The molecule has 0 aliphatic heterocycles. The summed E-state index contributed by atoms with van der Waals surface area (Å²) in [5.74, 6) is 0. The highest BCUT2D eigenvalue weighted by Crippen LogP contribution is 2.35. The first kappa shape index (κ1) is 15.7. The van der Waals surface area contributed by atoms with E-state index in [2.05, 4.69) is 19.2 Å². The minimum Gasteiger partial charge on any atom is -0.310 e. The zero-order valence-electron chi connectivity index (χ0n) is 11.5. The van der Waals surface area contributed by atoms with Crippen molar-refractivity contribution in [2.45, 2.75) is 36.2 Å². The summed E-state index contributed by atoms with van der Waals surface area (Å²) in [5.41, 5.74) is 1.19. The van der Waals surface area contributed by atoms with Crippen molar-refractivity contribution in [2.75, 3.05) is 0 Å². The zero-order valence-corrected chi connectivity index (χ0v) is 13.8. The van der Waals surface area contributed by atoms with Crippen molar-refractivity contribution in [3.05, 3.63) is 58.1 Å². The van der Waals surface area contributed by atoms with Crippen molar-refractivity contribution in [3.8, 4) is 0 Å². The molecular formula is C16H17Cl2NS. The van der Waals surface area contributed by atoms with Gasteiger partial charge < -0.3 is 5.32 Å². The minimum atomic E-state index is 0.437. The number of rotatable bonds is 5. The molecular weight excluding hydrogens is 309 g/mol. The predicted molar refractivity (Wildman–Crippen MR) is 89.0 cm³/mol.